The number of aryl methyl sites for hydroxylation is 1. The molecule has 2 aromatic rings. The summed E-state index contributed by atoms with van der Waals surface area (Å²) in [6, 6.07) is 5.42. The number of nitrogens with zero attached hydrogens (tertiary/aromatic N) is 3. The van der Waals surface area contributed by atoms with E-state index in [1.54, 1.807) is 10.7 Å². The molecule has 2 rings (SSSR count). The Morgan fingerprint density at radius 3 is 2.72 bits per heavy atom. The monoisotopic (exact) mass is 264 g/mol. The average molecular weight is 265 g/mol. The molecule has 96 valence electrons. The van der Waals surface area contributed by atoms with E-state index in [4.69, 9.17) is 17.3 Å². The number of hydrogen-bond donors (Lipinski definition) is 1. The average Bonchev–Trinajstić information content (AvgIpc) is 2.58. The Balaban J connectivity index is 2.41. The van der Waals surface area contributed by atoms with E-state index in [1.165, 1.54) is 0 Å². The highest BCUT2D eigenvalue weighted by atomic mass is 35.5. The van der Waals surface area contributed by atoms with Crippen molar-refractivity contribution in [3.8, 4) is 11.4 Å². The van der Waals surface area contributed by atoms with E-state index in [-0.39, 0.29) is 0 Å². The summed E-state index contributed by atoms with van der Waals surface area (Å²) in [5.74, 6) is 2.15. The zero-order chi connectivity index (χ0) is 13.3. The molecule has 0 radical (unpaired) electrons. The first-order valence-electron chi connectivity index (χ1n) is 5.92. The summed E-state index contributed by atoms with van der Waals surface area (Å²) in [6.07, 6.45) is 0.862. The van der Waals surface area contributed by atoms with Crippen LogP contribution in [-0.4, -0.2) is 14.8 Å². The van der Waals surface area contributed by atoms with Crippen LogP contribution in [0, 0.1) is 5.92 Å². The van der Waals surface area contributed by atoms with Crippen molar-refractivity contribution in [2.24, 2.45) is 13.0 Å². The van der Waals surface area contributed by atoms with Crippen molar-refractivity contribution in [3.05, 3.63) is 29.0 Å². The fourth-order valence-electron chi connectivity index (χ4n) is 1.86. The second-order valence-electron chi connectivity index (χ2n) is 4.80. The molecule has 0 aliphatic rings. The molecule has 18 heavy (non-hydrogen) atoms. The lowest BCUT2D eigenvalue weighted by molar-refractivity contribution is 0.613. The van der Waals surface area contributed by atoms with Gasteiger partial charge in [0.1, 0.15) is 0 Å². The Hall–Kier alpha value is -1.55. The molecule has 0 saturated carbocycles. The normalized spacial score (nSPS) is 11.2. The third-order valence-corrected chi connectivity index (χ3v) is 2.89. The summed E-state index contributed by atoms with van der Waals surface area (Å²) in [7, 11) is 1.88. The van der Waals surface area contributed by atoms with Crippen LogP contribution in [0.4, 0.5) is 5.69 Å². The highest BCUT2D eigenvalue weighted by Gasteiger charge is 2.13. The van der Waals surface area contributed by atoms with E-state index in [0.717, 1.165) is 23.6 Å². The van der Waals surface area contributed by atoms with Gasteiger partial charge in [0.2, 0.25) is 0 Å². The van der Waals surface area contributed by atoms with Gasteiger partial charge in [-0.25, -0.2) is 9.67 Å². The fourth-order valence-corrected chi connectivity index (χ4v) is 2.04. The molecule has 0 atom stereocenters. The lowest BCUT2D eigenvalue weighted by atomic mass is 10.1. The minimum absolute atomic E-state index is 0.530. The molecule has 1 aromatic heterocycles. The van der Waals surface area contributed by atoms with Gasteiger partial charge in [0.05, 0.1) is 0 Å². The predicted molar refractivity (Wildman–Crippen MR) is 74.4 cm³/mol. The molecule has 1 heterocycles. The highest BCUT2D eigenvalue weighted by molar-refractivity contribution is 6.31. The molecule has 0 aliphatic heterocycles. The van der Waals surface area contributed by atoms with Gasteiger partial charge in [-0.15, -0.1) is 0 Å². The van der Waals surface area contributed by atoms with Gasteiger partial charge in [-0.3, -0.25) is 0 Å². The molecular weight excluding hydrogens is 248 g/mol. The topological polar surface area (TPSA) is 56.7 Å². The molecule has 2 N–H and O–H groups in total. The van der Waals surface area contributed by atoms with Crippen LogP contribution in [0.5, 0.6) is 0 Å². The zero-order valence-corrected chi connectivity index (χ0v) is 11.6. The molecule has 0 spiro atoms. The first-order chi connectivity index (χ1) is 8.47. The third kappa shape index (κ3) is 2.64. The van der Waals surface area contributed by atoms with Crippen molar-refractivity contribution in [2.75, 3.05) is 5.73 Å². The van der Waals surface area contributed by atoms with E-state index in [2.05, 4.69) is 23.9 Å². The van der Waals surface area contributed by atoms with Crippen LogP contribution in [0.25, 0.3) is 11.4 Å². The molecule has 0 bridgehead atoms. The van der Waals surface area contributed by atoms with Gasteiger partial charge in [0.15, 0.2) is 11.6 Å². The molecule has 0 unspecified atom stereocenters. The standard InChI is InChI=1S/C13H17ClN4/c1-8(2)6-12-16-13(18(3)17-12)10-5-4-9(14)7-11(10)15/h4-5,7-8H,6,15H2,1-3H3. The number of aromatic nitrogens is 3. The van der Waals surface area contributed by atoms with Gasteiger partial charge in [0.25, 0.3) is 0 Å². The first-order valence-corrected chi connectivity index (χ1v) is 6.30. The van der Waals surface area contributed by atoms with Crippen LogP contribution in [0.15, 0.2) is 18.2 Å². The second kappa shape index (κ2) is 4.98. The number of nitrogen functional groups attached to an aromatic ring is 1. The smallest absolute Gasteiger partial charge is 0.160 e. The van der Waals surface area contributed by atoms with Crippen molar-refractivity contribution >= 4 is 17.3 Å². The lowest BCUT2D eigenvalue weighted by Crippen LogP contribution is -1.98. The maximum absolute atomic E-state index is 5.97. The Morgan fingerprint density at radius 2 is 2.11 bits per heavy atom. The van der Waals surface area contributed by atoms with Crippen LogP contribution < -0.4 is 5.73 Å². The SMILES string of the molecule is CC(C)Cc1nc(-c2ccc(Cl)cc2N)n(C)n1. The number of benzene rings is 1. The van der Waals surface area contributed by atoms with Crippen molar-refractivity contribution < 1.29 is 0 Å². The summed E-state index contributed by atoms with van der Waals surface area (Å²) in [5.41, 5.74) is 7.45. The maximum Gasteiger partial charge on any atom is 0.160 e. The van der Waals surface area contributed by atoms with Crippen LogP contribution in [-0.2, 0) is 13.5 Å². The van der Waals surface area contributed by atoms with E-state index in [9.17, 15) is 0 Å². The number of anilines is 1. The Bertz CT molecular complexity index is 560. The van der Waals surface area contributed by atoms with Gasteiger partial charge in [-0.05, 0) is 24.1 Å². The summed E-state index contributed by atoms with van der Waals surface area (Å²) in [4.78, 5) is 4.54. The Morgan fingerprint density at radius 1 is 1.39 bits per heavy atom. The van der Waals surface area contributed by atoms with Crippen LogP contribution in [0.3, 0.4) is 0 Å². The third-order valence-electron chi connectivity index (χ3n) is 2.65. The summed E-state index contributed by atoms with van der Waals surface area (Å²) < 4.78 is 1.76. The van der Waals surface area contributed by atoms with Gasteiger partial charge in [0, 0.05) is 29.7 Å². The summed E-state index contributed by atoms with van der Waals surface area (Å²) >= 11 is 5.90. The summed E-state index contributed by atoms with van der Waals surface area (Å²) in [6.45, 7) is 4.29. The Kier molecular flexibility index (Phi) is 3.57. The van der Waals surface area contributed by atoms with Crippen LogP contribution in [0.2, 0.25) is 5.02 Å². The van der Waals surface area contributed by atoms with Crippen LogP contribution in [0.1, 0.15) is 19.7 Å². The minimum atomic E-state index is 0.530. The number of hydrogen-bond acceptors (Lipinski definition) is 3. The van der Waals surface area contributed by atoms with Crippen molar-refractivity contribution in [2.45, 2.75) is 20.3 Å². The van der Waals surface area contributed by atoms with Gasteiger partial charge < -0.3 is 5.73 Å². The highest BCUT2D eigenvalue weighted by Crippen LogP contribution is 2.27. The molecule has 1 aromatic carbocycles. The Labute approximate surface area is 112 Å². The van der Waals surface area contributed by atoms with Gasteiger partial charge >= 0.3 is 0 Å². The van der Waals surface area contributed by atoms with Crippen molar-refractivity contribution in [3.63, 3.8) is 0 Å². The van der Waals surface area contributed by atoms with Gasteiger partial charge in [-0.2, -0.15) is 5.10 Å². The minimum Gasteiger partial charge on any atom is -0.398 e. The van der Waals surface area contributed by atoms with Gasteiger partial charge in [-0.1, -0.05) is 25.4 Å². The quantitative estimate of drug-likeness (QED) is 0.868. The lowest BCUT2D eigenvalue weighted by Gasteiger charge is -2.04. The molecule has 0 aliphatic carbocycles. The number of halogens is 1. The molecule has 5 heteroatoms. The zero-order valence-electron chi connectivity index (χ0n) is 10.8. The fraction of sp³-hybridized carbons (Fsp3) is 0.385. The largest absolute Gasteiger partial charge is 0.398 e. The van der Waals surface area contributed by atoms with E-state index < -0.39 is 0 Å². The first kappa shape index (κ1) is 12.9. The molecule has 0 fully saturated rings. The predicted octanol–water partition coefficient (Wildman–Crippen LogP) is 2.92. The van der Waals surface area contributed by atoms with E-state index in [0.29, 0.717) is 16.6 Å². The molecular formula is C13H17ClN4. The summed E-state index contributed by atoms with van der Waals surface area (Å²) in [5, 5.41) is 5.03. The van der Waals surface area contributed by atoms with E-state index >= 15 is 0 Å². The maximum atomic E-state index is 5.97. The van der Waals surface area contributed by atoms with Crippen LogP contribution >= 0.6 is 11.6 Å². The van der Waals surface area contributed by atoms with Crippen molar-refractivity contribution in [1.29, 1.82) is 0 Å². The molecule has 0 amide bonds. The number of rotatable bonds is 3. The molecule has 0 saturated heterocycles. The number of nitrogens with two attached hydrogens (primary N) is 1. The van der Waals surface area contributed by atoms with E-state index in [1.807, 2.05) is 19.2 Å². The second-order valence-corrected chi connectivity index (χ2v) is 5.24. The van der Waals surface area contributed by atoms with Crippen molar-refractivity contribution in [1.82, 2.24) is 14.8 Å². The molecule has 4 nitrogen and oxygen atoms in total.